The summed E-state index contributed by atoms with van der Waals surface area (Å²) in [6.07, 6.45) is 1.84. The largest absolute Gasteiger partial charge is 0.741 e. The number of nitrogens with zero attached hydrogens (tertiary/aromatic N) is 1. The van der Waals surface area contributed by atoms with Gasteiger partial charge in [-0.3, -0.25) is 0 Å². The molecule has 0 amide bonds. The fourth-order valence-corrected chi connectivity index (χ4v) is 3.65. The van der Waals surface area contributed by atoms with Crippen molar-refractivity contribution in [2.45, 2.75) is 57.9 Å². The summed E-state index contributed by atoms with van der Waals surface area (Å²) in [6, 6.07) is 14.0. The van der Waals surface area contributed by atoms with Crippen molar-refractivity contribution in [2.75, 3.05) is 14.2 Å². The van der Waals surface area contributed by atoms with Gasteiger partial charge in [0.25, 0.3) is 0 Å². The molecule has 2 N–H and O–H groups in total. The van der Waals surface area contributed by atoms with Crippen LogP contribution in [0.25, 0.3) is 11.3 Å². The third-order valence-corrected chi connectivity index (χ3v) is 7.21. The van der Waals surface area contributed by atoms with Crippen molar-refractivity contribution in [2.24, 2.45) is 5.41 Å². The van der Waals surface area contributed by atoms with E-state index in [1.807, 2.05) is 18.3 Å². The number of benzene rings is 1. The van der Waals surface area contributed by atoms with Gasteiger partial charge >= 0.3 is 5.51 Å². The minimum absolute atomic E-state index is 0. The average molecular weight is 684 g/mol. The first-order valence-corrected chi connectivity index (χ1v) is 11.2. The van der Waals surface area contributed by atoms with Crippen LogP contribution in [0.4, 0.5) is 13.2 Å². The van der Waals surface area contributed by atoms with E-state index in [9.17, 15) is 13.2 Å². The van der Waals surface area contributed by atoms with Crippen LogP contribution in [-0.2, 0) is 41.1 Å². The molecule has 1 radical (unpaired) electrons. The molecule has 1 aliphatic carbocycles. The van der Waals surface area contributed by atoms with Gasteiger partial charge in [-0.1, -0.05) is 53.7 Å². The topological polar surface area (TPSA) is 111 Å². The maximum Gasteiger partial charge on any atom is 0.485 e. The molecule has 0 saturated heterocycles. The fourth-order valence-electron chi connectivity index (χ4n) is 3.65. The van der Waals surface area contributed by atoms with Crippen LogP contribution in [0.3, 0.4) is 0 Å². The number of fused-ring (bicyclic) bond motifs is 1. The second-order valence-electron chi connectivity index (χ2n) is 8.66. The van der Waals surface area contributed by atoms with Crippen molar-refractivity contribution in [3.8, 4) is 11.3 Å². The van der Waals surface area contributed by atoms with Crippen molar-refractivity contribution in [3.63, 3.8) is 0 Å². The molecule has 0 aliphatic heterocycles. The quantitative estimate of drug-likeness (QED) is 0.262. The Bertz CT molecular complexity index is 1010. The van der Waals surface area contributed by atoms with Crippen molar-refractivity contribution < 1.29 is 56.5 Å². The first-order valence-electron chi connectivity index (χ1n) is 9.84. The van der Waals surface area contributed by atoms with E-state index in [0.717, 1.165) is 25.5 Å². The molecule has 1 aliphatic rings. The SMILES string of the molecule is CC1(C)c2c[c-]c(-c3ccccn3)cc2C(C)(C)C1(C)C.CO.CO.O=S(=O)([O-])C(F)(F)F.[Ir]. The zero-order chi connectivity index (χ0) is 26.5. The smallest absolute Gasteiger partial charge is 0.485 e. The summed E-state index contributed by atoms with van der Waals surface area (Å²) in [5.41, 5.74) is -0.218. The maximum atomic E-state index is 10.7. The van der Waals surface area contributed by atoms with E-state index in [2.05, 4.69) is 70.8 Å². The van der Waals surface area contributed by atoms with Crippen molar-refractivity contribution in [3.05, 3.63) is 53.7 Å². The van der Waals surface area contributed by atoms with Gasteiger partial charge in [0.05, 0.1) is 0 Å². The Morgan fingerprint density at radius 1 is 0.941 bits per heavy atom. The van der Waals surface area contributed by atoms with E-state index < -0.39 is 15.6 Å². The molecule has 11 heteroatoms. The number of pyridine rings is 1. The average Bonchev–Trinajstić information content (AvgIpc) is 2.85. The van der Waals surface area contributed by atoms with E-state index in [4.69, 9.17) is 23.2 Å². The van der Waals surface area contributed by atoms with Crippen LogP contribution in [0.15, 0.2) is 36.5 Å². The molecule has 2 aromatic rings. The normalized spacial score (nSPS) is 16.6. The third-order valence-electron chi connectivity index (χ3n) is 6.65. The first-order chi connectivity index (χ1) is 14.9. The maximum absolute atomic E-state index is 10.7. The van der Waals surface area contributed by atoms with Crippen LogP contribution in [0.1, 0.15) is 52.7 Å². The summed E-state index contributed by atoms with van der Waals surface area (Å²) in [5, 5.41) is 14.0. The zero-order valence-electron chi connectivity index (χ0n) is 20.4. The summed E-state index contributed by atoms with van der Waals surface area (Å²) in [7, 11) is -4.09. The number of alkyl halides is 3. The Morgan fingerprint density at radius 3 is 1.76 bits per heavy atom. The number of aromatic nitrogens is 1. The van der Waals surface area contributed by atoms with Gasteiger partial charge in [-0.2, -0.15) is 13.2 Å². The molecule has 0 bridgehead atoms. The molecule has 0 unspecified atom stereocenters. The van der Waals surface area contributed by atoms with Crippen LogP contribution in [0, 0.1) is 11.5 Å². The van der Waals surface area contributed by atoms with E-state index in [0.29, 0.717) is 0 Å². The molecule has 0 spiro atoms. The van der Waals surface area contributed by atoms with Gasteiger partial charge in [0, 0.05) is 40.5 Å². The number of hydrogen-bond donors (Lipinski definition) is 2. The predicted octanol–water partition coefficient (Wildman–Crippen LogP) is 4.41. The molecule has 3 rings (SSSR count). The zero-order valence-corrected chi connectivity index (χ0v) is 23.6. The molecular formula is C23H32F3IrNO5S-2. The predicted molar refractivity (Wildman–Crippen MR) is 120 cm³/mol. The molecule has 1 aromatic carbocycles. The number of hydrogen-bond acceptors (Lipinski definition) is 6. The molecule has 34 heavy (non-hydrogen) atoms. The van der Waals surface area contributed by atoms with Gasteiger partial charge in [0.15, 0.2) is 10.1 Å². The van der Waals surface area contributed by atoms with Crippen LogP contribution in [-0.4, -0.2) is 47.9 Å². The standard InChI is InChI=1S/C20H24N.CHF3O3S.2CH4O.Ir/c1-18(2)15-11-10-14(17-9-7-8-12-21-17)13-16(15)19(3,4)20(18,5)6;2-1(3,4)8(5,6)7;2*1-2;/h7-9,11-13H,1-6H3;(H,5,6,7);2*2H,1H3;/q-1;;;;/p-1. The first kappa shape index (κ1) is 34.8. The van der Waals surface area contributed by atoms with Crippen LogP contribution >= 0.6 is 0 Å². The number of rotatable bonds is 1. The Balaban J connectivity index is 0. The number of halogens is 3. The summed E-state index contributed by atoms with van der Waals surface area (Å²) < 4.78 is 58.9. The minimum atomic E-state index is -6.09. The summed E-state index contributed by atoms with van der Waals surface area (Å²) in [6.45, 7) is 14.2. The van der Waals surface area contributed by atoms with Gasteiger partial charge in [-0.15, -0.1) is 34.9 Å². The second kappa shape index (κ2) is 12.6. The molecule has 6 nitrogen and oxygen atoms in total. The second-order valence-corrected chi connectivity index (χ2v) is 10.0. The minimum Gasteiger partial charge on any atom is -0.741 e. The van der Waals surface area contributed by atoms with Crippen LogP contribution < -0.4 is 0 Å². The van der Waals surface area contributed by atoms with Crippen molar-refractivity contribution >= 4 is 10.1 Å². The van der Waals surface area contributed by atoms with E-state index in [-0.39, 0.29) is 36.4 Å². The van der Waals surface area contributed by atoms with Gasteiger partial charge in [-0.05, 0) is 28.0 Å². The molecule has 0 fully saturated rings. The van der Waals surface area contributed by atoms with Gasteiger partial charge in [0.1, 0.15) is 0 Å². The molecule has 1 aromatic heterocycles. The van der Waals surface area contributed by atoms with E-state index >= 15 is 0 Å². The molecule has 1 heterocycles. The molecule has 197 valence electrons. The van der Waals surface area contributed by atoms with Crippen molar-refractivity contribution in [1.29, 1.82) is 0 Å². The van der Waals surface area contributed by atoms with E-state index in [1.54, 1.807) is 0 Å². The fraction of sp³-hybridized carbons (Fsp3) is 0.522. The van der Waals surface area contributed by atoms with Crippen LogP contribution in [0.2, 0.25) is 0 Å². The Kier molecular flexibility index (Phi) is 12.9. The Hall–Kier alpha value is -1.36. The van der Waals surface area contributed by atoms with Gasteiger partial charge in [0.2, 0.25) is 0 Å². The van der Waals surface area contributed by atoms with Crippen LogP contribution in [0.5, 0.6) is 0 Å². The van der Waals surface area contributed by atoms with Crippen molar-refractivity contribution in [1.82, 2.24) is 4.98 Å². The molecule has 0 saturated carbocycles. The summed E-state index contributed by atoms with van der Waals surface area (Å²) in [5.74, 6) is 0. The monoisotopic (exact) mass is 684 g/mol. The van der Waals surface area contributed by atoms with Gasteiger partial charge < -0.3 is 19.7 Å². The Morgan fingerprint density at radius 2 is 1.38 bits per heavy atom. The molecular weight excluding hydrogens is 652 g/mol. The third kappa shape index (κ3) is 6.86. The van der Waals surface area contributed by atoms with Gasteiger partial charge in [-0.25, -0.2) is 8.42 Å². The molecule has 0 atom stereocenters. The number of aliphatic hydroxyl groups excluding tert-OH is 2. The summed E-state index contributed by atoms with van der Waals surface area (Å²) in [4.78, 5) is 4.46. The summed E-state index contributed by atoms with van der Waals surface area (Å²) >= 11 is 0. The Labute approximate surface area is 213 Å². The van der Waals surface area contributed by atoms with E-state index in [1.165, 1.54) is 11.1 Å². The number of aliphatic hydroxyl groups is 2.